The third-order valence-corrected chi connectivity index (χ3v) is 4.63. The van der Waals surface area contributed by atoms with Crippen LogP contribution in [-0.4, -0.2) is 0 Å². The molecule has 0 fully saturated rings. The molecule has 0 saturated carbocycles. The summed E-state index contributed by atoms with van der Waals surface area (Å²) in [7, 11) is 0. The molecule has 2 N–H and O–H groups in total. The Balaban J connectivity index is 2.39. The Bertz CT molecular complexity index is 568. The molecule has 1 nitrogen and oxygen atoms in total. The maximum atomic E-state index is 13.8. The fourth-order valence-electron chi connectivity index (χ4n) is 1.68. The van der Waals surface area contributed by atoms with Crippen molar-refractivity contribution in [3.05, 3.63) is 55.7 Å². The van der Waals surface area contributed by atoms with Crippen molar-refractivity contribution in [2.24, 2.45) is 5.73 Å². The predicted octanol–water partition coefficient (Wildman–Crippen LogP) is 4.40. The minimum Gasteiger partial charge on any atom is -0.320 e. The molecular formula is C13H12BrF2NS. The third kappa shape index (κ3) is 2.63. The Labute approximate surface area is 117 Å². The van der Waals surface area contributed by atoms with Crippen molar-refractivity contribution in [3.8, 4) is 0 Å². The lowest BCUT2D eigenvalue weighted by molar-refractivity contribution is 0.573. The molecule has 96 valence electrons. The maximum absolute atomic E-state index is 13.8. The van der Waals surface area contributed by atoms with Crippen molar-refractivity contribution in [1.82, 2.24) is 0 Å². The average Bonchev–Trinajstić information content (AvgIpc) is 2.81. The summed E-state index contributed by atoms with van der Waals surface area (Å²) in [5.41, 5.74) is 6.17. The van der Waals surface area contributed by atoms with Gasteiger partial charge in [-0.3, -0.25) is 0 Å². The Morgan fingerprint density at radius 2 is 2.00 bits per heavy atom. The summed E-state index contributed by atoms with van der Waals surface area (Å²) in [4.78, 5) is 2.02. The molecule has 5 heteroatoms. The molecule has 1 aromatic heterocycles. The van der Waals surface area contributed by atoms with Gasteiger partial charge in [0.25, 0.3) is 0 Å². The van der Waals surface area contributed by atoms with Crippen molar-refractivity contribution < 1.29 is 8.78 Å². The normalized spacial score (nSPS) is 12.7. The summed E-state index contributed by atoms with van der Waals surface area (Å²) in [5, 5.41) is 0. The second-order valence-electron chi connectivity index (χ2n) is 3.92. The zero-order chi connectivity index (χ0) is 13.3. The van der Waals surface area contributed by atoms with E-state index in [-0.39, 0.29) is 10.0 Å². The van der Waals surface area contributed by atoms with Crippen LogP contribution in [0.3, 0.4) is 0 Å². The molecule has 1 unspecified atom stereocenters. The van der Waals surface area contributed by atoms with E-state index in [0.29, 0.717) is 0 Å². The molecule has 2 rings (SSSR count). The van der Waals surface area contributed by atoms with Gasteiger partial charge >= 0.3 is 0 Å². The molecule has 1 aromatic carbocycles. The molecule has 0 spiro atoms. The Morgan fingerprint density at radius 1 is 1.28 bits per heavy atom. The van der Waals surface area contributed by atoms with Crippen LogP contribution >= 0.6 is 27.3 Å². The highest BCUT2D eigenvalue weighted by molar-refractivity contribution is 9.10. The van der Waals surface area contributed by atoms with Crippen LogP contribution < -0.4 is 5.73 Å². The third-order valence-electron chi connectivity index (χ3n) is 2.71. The summed E-state index contributed by atoms with van der Waals surface area (Å²) in [6.45, 7) is 2.04. The zero-order valence-electron chi connectivity index (χ0n) is 9.71. The minimum atomic E-state index is -0.627. The lowest BCUT2D eigenvalue weighted by Gasteiger charge is -2.12. The fourth-order valence-corrected chi connectivity index (χ4v) is 2.97. The minimum absolute atomic E-state index is 0.108. The van der Waals surface area contributed by atoms with Gasteiger partial charge in [0.15, 0.2) is 0 Å². The predicted molar refractivity (Wildman–Crippen MR) is 73.8 cm³/mol. The van der Waals surface area contributed by atoms with E-state index in [1.165, 1.54) is 16.2 Å². The van der Waals surface area contributed by atoms with Crippen molar-refractivity contribution in [2.75, 3.05) is 0 Å². The number of rotatable bonds is 3. The molecule has 2 aromatic rings. The maximum Gasteiger partial charge on any atom is 0.137 e. The van der Waals surface area contributed by atoms with E-state index in [4.69, 9.17) is 5.73 Å². The van der Waals surface area contributed by atoms with Crippen LogP contribution in [0.15, 0.2) is 28.7 Å². The van der Waals surface area contributed by atoms with Gasteiger partial charge in [0.1, 0.15) is 11.6 Å². The highest BCUT2D eigenvalue weighted by Gasteiger charge is 2.17. The summed E-state index contributed by atoms with van der Waals surface area (Å²) < 4.78 is 27.3. The first kappa shape index (κ1) is 13.6. The van der Waals surface area contributed by atoms with Crippen molar-refractivity contribution in [1.29, 1.82) is 0 Å². The van der Waals surface area contributed by atoms with E-state index >= 15 is 0 Å². The molecule has 0 bridgehead atoms. The molecule has 18 heavy (non-hydrogen) atoms. The van der Waals surface area contributed by atoms with E-state index in [2.05, 4.69) is 15.9 Å². The number of hydrogen-bond acceptors (Lipinski definition) is 2. The molecule has 1 atom stereocenters. The number of halogens is 3. The standard InChI is InChI=1S/C13H12BrF2NS/c1-2-7-3-4-12(18-7)13(17)8-5-11(16)9(14)6-10(8)15/h3-6,13H,2,17H2,1H3. The Morgan fingerprint density at radius 3 is 2.61 bits per heavy atom. The molecule has 0 aliphatic carbocycles. The van der Waals surface area contributed by atoms with Gasteiger partial charge in [-0.1, -0.05) is 6.92 Å². The van der Waals surface area contributed by atoms with Crippen molar-refractivity contribution >= 4 is 27.3 Å². The number of aryl methyl sites for hydroxylation is 1. The molecule has 0 saturated heterocycles. The Hall–Kier alpha value is -0.780. The quantitative estimate of drug-likeness (QED) is 0.829. The van der Waals surface area contributed by atoms with E-state index in [1.54, 1.807) is 0 Å². The summed E-state index contributed by atoms with van der Waals surface area (Å²) in [6, 6.07) is 5.47. The fraction of sp³-hybridized carbons (Fsp3) is 0.231. The van der Waals surface area contributed by atoms with Gasteiger partial charge in [-0.05, 0) is 46.6 Å². The van der Waals surface area contributed by atoms with Crippen LogP contribution in [0.4, 0.5) is 8.78 Å². The Kier molecular flexibility index (Phi) is 4.14. The van der Waals surface area contributed by atoms with E-state index in [9.17, 15) is 8.78 Å². The van der Waals surface area contributed by atoms with E-state index < -0.39 is 17.7 Å². The summed E-state index contributed by atoms with van der Waals surface area (Å²) in [5.74, 6) is -1.00. The van der Waals surface area contributed by atoms with Gasteiger partial charge in [-0.2, -0.15) is 0 Å². The number of thiophene rings is 1. The van der Waals surface area contributed by atoms with Crippen molar-refractivity contribution in [3.63, 3.8) is 0 Å². The SMILES string of the molecule is CCc1ccc(C(N)c2cc(F)c(Br)cc2F)s1. The van der Waals surface area contributed by atoms with Crippen molar-refractivity contribution in [2.45, 2.75) is 19.4 Å². The lowest BCUT2D eigenvalue weighted by Crippen LogP contribution is -2.12. The number of benzene rings is 1. The topological polar surface area (TPSA) is 26.0 Å². The first-order chi connectivity index (χ1) is 8.52. The first-order valence-electron chi connectivity index (χ1n) is 5.51. The largest absolute Gasteiger partial charge is 0.320 e. The number of nitrogens with two attached hydrogens (primary N) is 1. The van der Waals surface area contributed by atoms with Gasteiger partial charge in [0, 0.05) is 15.3 Å². The van der Waals surface area contributed by atoms with Crippen LogP contribution in [0.25, 0.3) is 0 Å². The smallest absolute Gasteiger partial charge is 0.137 e. The molecule has 0 amide bonds. The van der Waals surface area contributed by atoms with Gasteiger partial charge in [0.2, 0.25) is 0 Å². The van der Waals surface area contributed by atoms with Crippen LogP contribution in [0.1, 0.15) is 28.3 Å². The van der Waals surface area contributed by atoms with Crippen LogP contribution in [0, 0.1) is 11.6 Å². The lowest BCUT2D eigenvalue weighted by atomic mass is 10.1. The molecule has 0 radical (unpaired) electrons. The zero-order valence-corrected chi connectivity index (χ0v) is 12.1. The van der Waals surface area contributed by atoms with E-state index in [0.717, 1.165) is 23.4 Å². The second kappa shape index (κ2) is 5.47. The first-order valence-corrected chi connectivity index (χ1v) is 7.12. The van der Waals surface area contributed by atoms with Gasteiger partial charge < -0.3 is 5.73 Å². The second-order valence-corrected chi connectivity index (χ2v) is 5.98. The van der Waals surface area contributed by atoms with E-state index in [1.807, 2.05) is 19.1 Å². The highest BCUT2D eigenvalue weighted by Crippen LogP contribution is 2.30. The molecule has 0 aliphatic heterocycles. The summed E-state index contributed by atoms with van der Waals surface area (Å²) >= 11 is 4.48. The number of hydrogen-bond donors (Lipinski definition) is 1. The van der Waals surface area contributed by atoms with Crippen LogP contribution in [-0.2, 0) is 6.42 Å². The molecule has 1 heterocycles. The average molecular weight is 332 g/mol. The molecular weight excluding hydrogens is 320 g/mol. The van der Waals surface area contributed by atoms with Gasteiger partial charge in [-0.15, -0.1) is 11.3 Å². The van der Waals surface area contributed by atoms with Gasteiger partial charge in [-0.25, -0.2) is 8.78 Å². The monoisotopic (exact) mass is 331 g/mol. The molecule has 0 aliphatic rings. The van der Waals surface area contributed by atoms with Crippen LogP contribution in [0.2, 0.25) is 0 Å². The van der Waals surface area contributed by atoms with Crippen LogP contribution in [0.5, 0.6) is 0 Å². The van der Waals surface area contributed by atoms with Gasteiger partial charge in [0.05, 0.1) is 10.5 Å². The summed E-state index contributed by atoms with van der Waals surface area (Å²) in [6.07, 6.45) is 0.911. The highest BCUT2D eigenvalue weighted by atomic mass is 79.9.